The van der Waals surface area contributed by atoms with E-state index in [0.717, 1.165) is 10.4 Å². The number of pyridine rings is 1. The highest BCUT2D eigenvalue weighted by Crippen LogP contribution is 2.26. The number of rotatable bonds is 4. The molecule has 3 aromatic heterocycles. The lowest BCUT2D eigenvalue weighted by Crippen LogP contribution is -2.28. The second-order valence-corrected chi connectivity index (χ2v) is 5.16. The van der Waals surface area contributed by atoms with Gasteiger partial charge in [-0.05, 0) is 29.1 Å². The molecule has 0 radical (unpaired) electrons. The number of urea groups is 1. The zero-order valence-electron chi connectivity index (χ0n) is 10.9. The van der Waals surface area contributed by atoms with Crippen LogP contribution in [0, 0.1) is 0 Å². The maximum absolute atomic E-state index is 11.8. The first kappa shape index (κ1) is 13.3. The number of hydrogen-bond donors (Lipinski definition) is 2. The second-order valence-electron chi connectivity index (χ2n) is 4.22. The van der Waals surface area contributed by atoms with Crippen LogP contribution in [0.2, 0.25) is 0 Å². The molecule has 2 amide bonds. The molecule has 6 nitrogen and oxygen atoms in total. The van der Waals surface area contributed by atoms with E-state index in [4.69, 9.17) is 4.52 Å². The van der Waals surface area contributed by atoms with Crippen molar-refractivity contribution < 1.29 is 9.32 Å². The molecule has 3 rings (SSSR count). The Hall–Kier alpha value is -2.67. The Balaban J connectivity index is 1.55. The van der Waals surface area contributed by atoms with Crippen molar-refractivity contribution >= 4 is 23.2 Å². The maximum atomic E-state index is 11.8. The zero-order valence-corrected chi connectivity index (χ0v) is 11.8. The van der Waals surface area contributed by atoms with Gasteiger partial charge in [0.05, 0.1) is 4.88 Å². The number of amides is 2. The summed E-state index contributed by atoms with van der Waals surface area (Å²) in [5.74, 6) is 1.01. The van der Waals surface area contributed by atoms with Crippen LogP contribution >= 0.6 is 11.3 Å². The number of thiophene rings is 1. The molecular weight excluding hydrogens is 288 g/mol. The van der Waals surface area contributed by atoms with Crippen molar-refractivity contribution in [2.24, 2.45) is 0 Å². The van der Waals surface area contributed by atoms with Crippen LogP contribution in [0.5, 0.6) is 0 Å². The molecule has 0 spiro atoms. The van der Waals surface area contributed by atoms with E-state index >= 15 is 0 Å². The first-order valence-corrected chi connectivity index (χ1v) is 7.13. The number of nitrogens with one attached hydrogen (secondary N) is 2. The van der Waals surface area contributed by atoms with Crippen LogP contribution in [-0.2, 0) is 6.54 Å². The SMILES string of the molecule is O=C(NCc1ccncc1)Nc1cc(-c2cccs2)on1. The van der Waals surface area contributed by atoms with Crippen molar-refractivity contribution in [3.05, 3.63) is 53.7 Å². The fourth-order valence-corrected chi connectivity index (χ4v) is 2.39. The standard InChI is InChI=1S/C14H12N4O2S/c19-14(16-9-10-3-5-15-6-4-10)17-13-8-11(20-18-13)12-2-1-7-21-12/h1-8H,9H2,(H2,16,17,18,19). The zero-order chi connectivity index (χ0) is 14.5. The normalized spacial score (nSPS) is 10.3. The molecule has 2 N–H and O–H groups in total. The Morgan fingerprint density at radius 1 is 1.29 bits per heavy atom. The minimum atomic E-state index is -0.335. The van der Waals surface area contributed by atoms with Gasteiger partial charge in [-0.3, -0.25) is 10.3 Å². The molecule has 0 aliphatic heterocycles. The van der Waals surface area contributed by atoms with Crippen LogP contribution in [0.4, 0.5) is 10.6 Å². The third-order valence-electron chi connectivity index (χ3n) is 2.72. The second kappa shape index (κ2) is 6.19. The molecule has 7 heteroatoms. The van der Waals surface area contributed by atoms with Gasteiger partial charge in [0.1, 0.15) is 0 Å². The molecule has 3 heterocycles. The summed E-state index contributed by atoms with van der Waals surface area (Å²) in [6, 6.07) is 8.89. The van der Waals surface area contributed by atoms with E-state index < -0.39 is 0 Å². The van der Waals surface area contributed by atoms with Crippen molar-refractivity contribution in [2.45, 2.75) is 6.54 Å². The van der Waals surface area contributed by atoms with E-state index in [9.17, 15) is 4.79 Å². The monoisotopic (exact) mass is 300 g/mol. The first-order valence-electron chi connectivity index (χ1n) is 6.25. The Morgan fingerprint density at radius 2 is 2.14 bits per heavy atom. The van der Waals surface area contributed by atoms with Gasteiger partial charge in [0.25, 0.3) is 0 Å². The van der Waals surface area contributed by atoms with Gasteiger partial charge in [-0.2, -0.15) is 0 Å². The molecule has 0 fully saturated rings. The van der Waals surface area contributed by atoms with Crippen LogP contribution in [0.3, 0.4) is 0 Å². The van der Waals surface area contributed by atoms with Crippen molar-refractivity contribution in [3.63, 3.8) is 0 Å². The highest BCUT2D eigenvalue weighted by molar-refractivity contribution is 7.13. The topological polar surface area (TPSA) is 80.0 Å². The maximum Gasteiger partial charge on any atom is 0.320 e. The Labute approximate surface area is 124 Å². The number of carbonyl (C=O) groups is 1. The average Bonchev–Trinajstić information content (AvgIpc) is 3.17. The van der Waals surface area contributed by atoms with Gasteiger partial charge < -0.3 is 9.84 Å². The summed E-state index contributed by atoms with van der Waals surface area (Å²) in [7, 11) is 0. The lowest BCUT2D eigenvalue weighted by atomic mass is 10.3. The van der Waals surface area contributed by atoms with E-state index in [-0.39, 0.29) is 6.03 Å². The fraction of sp³-hybridized carbons (Fsp3) is 0.0714. The number of hydrogen-bond acceptors (Lipinski definition) is 5. The van der Waals surface area contributed by atoms with Crippen LogP contribution < -0.4 is 10.6 Å². The molecule has 106 valence electrons. The summed E-state index contributed by atoms with van der Waals surface area (Å²) < 4.78 is 5.18. The Morgan fingerprint density at radius 3 is 2.90 bits per heavy atom. The molecule has 0 saturated carbocycles. The van der Waals surface area contributed by atoms with Gasteiger partial charge >= 0.3 is 6.03 Å². The third kappa shape index (κ3) is 3.46. The summed E-state index contributed by atoms with van der Waals surface area (Å²) in [5.41, 5.74) is 0.972. The smallest absolute Gasteiger partial charge is 0.320 e. The van der Waals surface area contributed by atoms with Crippen LogP contribution in [0.1, 0.15) is 5.56 Å². The molecule has 0 bridgehead atoms. The number of anilines is 1. The molecular formula is C14H12N4O2S. The van der Waals surface area contributed by atoms with Gasteiger partial charge in [0, 0.05) is 25.0 Å². The van der Waals surface area contributed by atoms with Crippen LogP contribution in [0.25, 0.3) is 10.6 Å². The summed E-state index contributed by atoms with van der Waals surface area (Å²) in [6.07, 6.45) is 3.36. The molecule has 0 aliphatic rings. The highest BCUT2D eigenvalue weighted by Gasteiger charge is 2.09. The van der Waals surface area contributed by atoms with E-state index in [2.05, 4.69) is 20.8 Å². The van der Waals surface area contributed by atoms with Crippen molar-refractivity contribution in [2.75, 3.05) is 5.32 Å². The molecule has 0 atom stereocenters. The van der Waals surface area contributed by atoms with E-state index in [1.165, 1.54) is 0 Å². The van der Waals surface area contributed by atoms with Crippen LogP contribution in [-0.4, -0.2) is 16.2 Å². The van der Waals surface area contributed by atoms with Gasteiger partial charge in [-0.1, -0.05) is 11.2 Å². The summed E-state index contributed by atoms with van der Waals surface area (Å²) in [5, 5.41) is 11.1. The predicted molar refractivity (Wildman–Crippen MR) is 79.9 cm³/mol. The van der Waals surface area contributed by atoms with Crippen LogP contribution in [0.15, 0.2) is 52.6 Å². The van der Waals surface area contributed by atoms with Gasteiger partial charge in [0.15, 0.2) is 11.6 Å². The van der Waals surface area contributed by atoms with Crippen molar-refractivity contribution in [1.29, 1.82) is 0 Å². The van der Waals surface area contributed by atoms with Crippen molar-refractivity contribution in [3.8, 4) is 10.6 Å². The Kier molecular flexibility index (Phi) is 3.92. The third-order valence-corrected chi connectivity index (χ3v) is 3.60. The molecule has 0 saturated heterocycles. The number of aromatic nitrogens is 2. The molecule has 0 aliphatic carbocycles. The van der Waals surface area contributed by atoms with Gasteiger partial charge in [0.2, 0.25) is 0 Å². The van der Waals surface area contributed by atoms with Gasteiger partial charge in [-0.15, -0.1) is 11.3 Å². The number of carbonyl (C=O) groups excluding carboxylic acids is 1. The molecule has 0 unspecified atom stereocenters. The summed E-state index contributed by atoms with van der Waals surface area (Å²) in [4.78, 5) is 16.6. The summed E-state index contributed by atoms with van der Waals surface area (Å²) >= 11 is 1.55. The quantitative estimate of drug-likeness (QED) is 0.775. The van der Waals surface area contributed by atoms with E-state index in [0.29, 0.717) is 18.1 Å². The molecule has 0 aromatic carbocycles. The van der Waals surface area contributed by atoms with E-state index in [1.54, 1.807) is 29.8 Å². The predicted octanol–water partition coefficient (Wildman–Crippen LogP) is 3.12. The molecule has 21 heavy (non-hydrogen) atoms. The lowest BCUT2D eigenvalue weighted by molar-refractivity contribution is 0.251. The summed E-state index contributed by atoms with van der Waals surface area (Å²) in [6.45, 7) is 0.421. The van der Waals surface area contributed by atoms with E-state index in [1.807, 2.05) is 29.6 Å². The van der Waals surface area contributed by atoms with Crippen molar-refractivity contribution in [1.82, 2.24) is 15.5 Å². The highest BCUT2D eigenvalue weighted by atomic mass is 32.1. The fourth-order valence-electron chi connectivity index (χ4n) is 1.71. The average molecular weight is 300 g/mol. The minimum absolute atomic E-state index is 0.335. The Bertz CT molecular complexity index is 710. The molecule has 3 aromatic rings. The largest absolute Gasteiger partial charge is 0.353 e. The first-order chi connectivity index (χ1) is 10.3. The minimum Gasteiger partial charge on any atom is -0.353 e. The van der Waals surface area contributed by atoms with Gasteiger partial charge in [-0.25, -0.2) is 4.79 Å². The number of nitrogens with zero attached hydrogens (tertiary/aromatic N) is 2. The lowest BCUT2D eigenvalue weighted by Gasteiger charge is -2.04.